The number of hydrogen-bond acceptors (Lipinski definition) is 7. The molecule has 4 aromatic carbocycles. The third-order valence-corrected chi connectivity index (χ3v) is 11.0. The van der Waals surface area contributed by atoms with Gasteiger partial charge in [0.15, 0.2) is 0 Å². The lowest BCUT2D eigenvalue weighted by molar-refractivity contribution is -0.135. The van der Waals surface area contributed by atoms with Crippen molar-refractivity contribution in [3.05, 3.63) is 158 Å². The predicted octanol–water partition coefficient (Wildman–Crippen LogP) is 9.81. The molecule has 3 aliphatic rings. The fraction of sp³-hybridized carbons (Fsp3) is 0.300. The van der Waals surface area contributed by atoms with Crippen molar-refractivity contribution in [2.24, 2.45) is 0 Å². The van der Waals surface area contributed by atoms with Crippen LogP contribution in [0.3, 0.4) is 0 Å². The lowest BCUT2D eigenvalue weighted by Gasteiger charge is -2.29. The van der Waals surface area contributed by atoms with Gasteiger partial charge in [0.2, 0.25) is 0 Å². The van der Waals surface area contributed by atoms with Crippen LogP contribution in [0.25, 0.3) is 28.6 Å². The number of rotatable bonds is 9. The number of halogens is 2. The maximum absolute atomic E-state index is 11.3. The number of hydrogen-bond donors (Lipinski definition) is 2. The number of aldehydes is 1. The van der Waals surface area contributed by atoms with E-state index in [2.05, 4.69) is 86.2 Å². The van der Waals surface area contributed by atoms with Crippen LogP contribution in [-0.4, -0.2) is 67.3 Å². The number of carbonyl (C=O) groups excluding carboxylic acids is 3. The molecule has 314 valence electrons. The molecule has 0 radical (unpaired) electrons. The van der Waals surface area contributed by atoms with Crippen LogP contribution >= 0.6 is 23.2 Å². The van der Waals surface area contributed by atoms with Gasteiger partial charge in [0.05, 0.1) is 19.6 Å². The highest BCUT2D eigenvalue weighted by atomic mass is 35.5. The number of allylic oxidation sites excluding steroid dienone is 1. The second-order valence-corrected chi connectivity index (χ2v) is 15.6. The fourth-order valence-corrected chi connectivity index (χ4v) is 7.89. The average molecular weight is 849 g/mol. The molecule has 0 unspecified atom stereocenters. The van der Waals surface area contributed by atoms with Crippen LogP contribution in [0, 0.1) is 6.92 Å². The zero-order chi connectivity index (χ0) is 42.9. The number of para-hydroxylation sites is 1. The van der Waals surface area contributed by atoms with E-state index < -0.39 is 0 Å². The van der Waals surface area contributed by atoms with Crippen molar-refractivity contribution in [3.8, 4) is 0 Å². The van der Waals surface area contributed by atoms with Crippen molar-refractivity contribution in [1.82, 2.24) is 15.2 Å². The zero-order valence-electron chi connectivity index (χ0n) is 35.0. The Kier molecular flexibility index (Phi) is 18.0. The highest BCUT2D eigenvalue weighted by Crippen LogP contribution is 2.35. The van der Waals surface area contributed by atoms with E-state index in [0.29, 0.717) is 6.42 Å². The Balaban J connectivity index is 0.000000180. The predicted molar refractivity (Wildman–Crippen MR) is 246 cm³/mol. The Morgan fingerprint density at radius 1 is 0.783 bits per heavy atom. The molecule has 0 amide bonds. The van der Waals surface area contributed by atoms with Gasteiger partial charge >= 0.3 is 11.9 Å². The van der Waals surface area contributed by atoms with Gasteiger partial charge in [-0.25, -0.2) is 9.59 Å². The summed E-state index contributed by atoms with van der Waals surface area (Å²) in [6, 6.07) is 29.6. The highest BCUT2D eigenvalue weighted by molar-refractivity contribution is 6.40. The van der Waals surface area contributed by atoms with Gasteiger partial charge in [-0.05, 0) is 120 Å². The number of fused-ring (bicyclic) bond motifs is 4. The van der Waals surface area contributed by atoms with Crippen LogP contribution in [0.1, 0.15) is 69.1 Å². The van der Waals surface area contributed by atoms with E-state index in [1.54, 1.807) is 6.08 Å². The minimum Gasteiger partial charge on any atom is -0.466 e. The quantitative estimate of drug-likeness (QED) is 0.0660. The number of carbonyl (C=O) groups is 3. The summed E-state index contributed by atoms with van der Waals surface area (Å²) < 4.78 is 9.22. The van der Waals surface area contributed by atoms with Crippen LogP contribution in [0.4, 0.5) is 0 Å². The molecule has 0 spiro atoms. The molecule has 8 nitrogen and oxygen atoms in total. The molecule has 1 aromatic heterocycles. The molecular weight excluding hydrogens is 793 g/mol. The van der Waals surface area contributed by atoms with E-state index in [-0.39, 0.29) is 17.3 Å². The van der Waals surface area contributed by atoms with E-state index >= 15 is 0 Å². The van der Waals surface area contributed by atoms with Crippen LogP contribution in [0.15, 0.2) is 103 Å². The van der Waals surface area contributed by atoms with E-state index in [0.717, 1.165) is 98.0 Å². The molecule has 0 fully saturated rings. The number of aromatic amines is 1. The Bertz CT molecular complexity index is 2340. The molecule has 0 atom stereocenters. The molecule has 10 heteroatoms. The Morgan fingerprint density at radius 2 is 1.42 bits per heavy atom. The SMILES string of the molecule is COC(=O)/C=C/c1ccc2c(c1)CN(CCC1=C(C)Cc3ccccc31)CC2.COC(=O)/C=C/c1ccc2c(c1)CNCC2.Cc1[nH]c2ccccc2c1CC=O.ClCCl. The largest absolute Gasteiger partial charge is 0.466 e. The van der Waals surface area contributed by atoms with Gasteiger partial charge in [-0.3, -0.25) is 4.90 Å². The van der Waals surface area contributed by atoms with Crippen LogP contribution < -0.4 is 5.32 Å². The number of alkyl halides is 2. The lowest BCUT2D eigenvalue weighted by atomic mass is 9.96. The summed E-state index contributed by atoms with van der Waals surface area (Å²) in [7, 11) is 2.78. The normalized spacial score (nSPS) is 14.2. The minimum atomic E-state index is -0.323. The second-order valence-electron chi connectivity index (χ2n) is 14.8. The Morgan fingerprint density at radius 3 is 2.10 bits per heavy atom. The molecule has 2 N–H and O–H groups in total. The summed E-state index contributed by atoms with van der Waals surface area (Å²) in [5.74, 6) is -0.643. The van der Waals surface area contributed by atoms with Crippen molar-refractivity contribution in [2.75, 3.05) is 39.2 Å². The van der Waals surface area contributed by atoms with Crippen molar-refractivity contribution in [3.63, 3.8) is 0 Å². The lowest BCUT2D eigenvalue weighted by Crippen LogP contribution is -2.31. The van der Waals surface area contributed by atoms with E-state index in [4.69, 9.17) is 23.2 Å². The summed E-state index contributed by atoms with van der Waals surface area (Å²) in [6.45, 7) is 9.41. The summed E-state index contributed by atoms with van der Waals surface area (Å²) in [6.07, 6.45) is 12.4. The molecule has 0 saturated heterocycles. The standard InChI is InChI=1S/C25H27NO2.C13H15NO2.C11H11NO.CH2Cl2/c1-18-15-21-5-3-4-6-24(21)23(18)12-14-26-13-11-20-9-7-19(16-22(20)17-26)8-10-25(27)28-2;1-16-13(15)5-3-10-2-4-11-6-7-14-9-12(11)8-10;1-8-9(6-7-13)10-4-2-3-5-11(10)12-8;2-1-3/h3-10,16H,11-15,17H2,1-2H3;2-5,8,14H,6-7,9H2,1H3;2-5,7,12H,6H2,1H3;1H2/b10-8+;5-3+;;. The average Bonchev–Trinajstić information content (AvgIpc) is 3.78. The highest BCUT2D eigenvalue weighted by Gasteiger charge is 2.21. The number of nitrogens with zero attached hydrogens (tertiary/aromatic N) is 1. The molecule has 60 heavy (non-hydrogen) atoms. The van der Waals surface area contributed by atoms with Gasteiger partial charge in [-0.2, -0.15) is 0 Å². The first-order chi connectivity index (χ1) is 29.2. The first kappa shape index (κ1) is 45.8. The molecular formula is C50H55Cl2N3O5. The molecule has 3 heterocycles. The third kappa shape index (κ3) is 12.9. The zero-order valence-corrected chi connectivity index (χ0v) is 36.5. The summed E-state index contributed by atoms with van der Waals surface area (Å²) >= 11 is 9.53. The molecule has 1 aliphatic carbocycles. The maximum Gasteiger partial charge on any atom is 0.330 e. The van der Waals surface area contributed by atoms with Gasteiger partial charge in [0, 0.05) is 61.3 Å². The monoisotopic (exact) mass is 847 g/mol. The Hall–Kier alpha value is -5.25. The smallest absolute Gasteiger partial charge is 0.330 e. The molecule has 0 bridgehead atoms. The van der Waals surface area contributed by atoms with Gasteiger partial charge in [-0.15, -0.1) is 23.2 Å². The molecule has 5 aromatic rings. The minimum absolute atomic E-state index is 0.194. The van der Waals surface area contributed by atoms with E-state index in [1.807, 2.05) is 43.3 Å². The van der Waals surface area contributed by atoms with E-state index in [9.17, 15) is 14.4 Å². The topological polar surface area (TPSA) is 101 Å². The van der Waals surface area contributed by atoms with Gasteiger partial charge < -0.3 is 24.6 Å². The van der Waals surface area contributed by atoms with Crippen molar-refractivity contribution < 1.29 is 23.9 Å². The molecule has 8 rings (SSSR count). The van der Waals surface area contributed by atoms with Crippen LogP contribution in [-0.2, 0) is 62.6 Å². The summed E-state index contributed by atoms with van der Waals surface area (Å²) in [5.41, 5.74) is 16.9. The van der Waals surface area contributed by atoms with Gasteiger partial charge in [-0.1, -0.05) is 84.4 Å². The summed E-state index contributed by atoms with van der Waals surface area (Å²) in [5, 5.41) is 4.68. The Labute approximate surface area is 364 Å². The number of H-pyrrole nitrogens is 1. The number of aromatic nitrogens is 1. The first-order valence-corrected chi connectivity index (χ1v) is 21.3. The first-order valence-electron chi connectivity index (χ1n) is 20.2. The number of methoxy groups -OCH3 is 2. The number of ether oxygens (including phenoxy) is 2. The fourth-order valence-electron chi connectivity index (χ4n) is 7.89. The van der Waals surface area contributed by atoms with Crippen molar-refractivity contribution in [2.45, 2.75) is 59.0 Å². The summed E-state index contributed by atoms with van der Waals surface area (Å²) in [4.78, 5) is 38.5. The van der Waals surface area contributed by atoms with Gasteiger partial charge in [0.25, 0.3) is 0 Å². The van der Waals surface area contributed by atoms with Gasteiger partial charge in [0.1, 0.15) is 6.29 Å². The number of nitrogens with one attached hydrogen (secondary N) is 2. The van der Waals surface area contributed by atoms with Crippen molar-refractivity contribution >= 4 is 70.1 Å². The van der Waals surface area contributed by atoms with Crippen molar-refractivity contribution in [1.29, 1.82) is 0 Å². The van der Waals surface area contributed by atoms with E-state index in [1.165, 1.54) is 70.9 Å². The maximum atomic E-state index is 11.3. The van der Waals surface area contributed by atoms with Crippen LogP contribution in [0.2, 0.25) is 0 Å². The van der Waals surface area contributed by atoms with Crippen LogP contribution in [0.5, 0.6) is 0 Å². The molecule has 2 aliphatic heterocycles. The number of esters is 2. The number of benzene rings is 4. The third-order valence-electron chi connectivity index (χ3n) is 11.0. The number of aryl methyl sites for hydroxylation is 1. The second kappa shape index (κ2) is 23.5. The molecule has 0 saturated carbocycles.